The highest BCUT2D eigenvalue weighted by molar-refractivity contribution is 5.86. The predicted molar refractivity (Wildman–Crippen MR) is 61.5 cm³/mol. The first kappa shape index (κ1) is 15.2. The Morgan fingerprint density at radius 3 is 2.24 bits per heavy atom. The lowest BCUT2D eigenvalue weighted by Gasteiger charge is -2.08. The quantitative estimate of drug-likeness (QED) is 0.486. The average Bonchev–Trinajstić information content (AvgIpc) is 2.23. The zero-order chi connectivity index (χ0) is 13.3. The summed E-state index contributed by atoms with van der Waals surface area (Å²) in [5.41, 5.74) is 0. The van der Waals surface area contributed by atoms with Crippen LogP contribution in [0, 0.1) is 5.92 Å². The SMILES string of the molecule is CC(C)CCNC(=O)NCC(=O)NCC(=O)O. The number of hydrogen-bond acceptors (Lipinski definition) is 3. The summed E-state index contributed by atoms with van der Waals surface area (Å²) in [6.45, 7) is 3.94. The van der Waals surface area contributed by atoms with Gasteiger partial charge in [0.15, 0.2) is 0 Å². The highest BCUT2D eigenvalue weighted by Crippen LogP contribution is 1.95. The molecule has 0 saturated carbocycles. The van der Waals surface area contributed by atoms with Gasteiger partial charge in [0, 0.05) is 6.54 Å². The molecule has 3 amide bonds. The first-order valence-electron chi connectivity index (χ1n) is 5.42. The Hall–Kier alpha value is -1.79. The van der Waals surface area contributed by atoms with Gasteiger partial charge < -0.3 is 21.1 Å². The summed E-state index contributed by atoms with van der Waals surface area (Å²) in [6.07, 6.45) is 0.860. The number of hydrogen-bond donors (Lipinski definition) is 4. The Bertz CT molecular complexity index is 279. The number of aliphatic carboxylic acids is 1. The van der Waals surface area contributed by atoms with Crippen molar-refractivity contribution in [3.05, 3.63) is 0 Å². The van der Waals surface area contributed by atoms with E-state index in [0.29, 0.717) is 12.5 Å². The maximum absolute atomic E-state index is 11.1. The topological polar surface area (TPSA) is 108 Å². The first-order chi connectivity index (χ1) is 7.91. The molecule has 4 N–H and O–H groups in total. The summed E-state index contributed by atoms with van der Waals surface area (Å²) in [5.74, 6) is -1.17. The number of carbonyl (C=O) groups excluding carboxylic acids is 2. The Morgan fingerprint density at radius 2 is 1.71 bits per heavy atom. The molecule has 0 bridgehead atoms. The smallest absolute Gasteiger partial charge is 0.322 e. The average molecular weight is 245 g/mol. The Kier molecular flexibility index (Phi) is 7.49. The van der Waals surface area contributed by atoms with E-state index in [0.717, 1.165) is 6.42 Å². The van der Waals surface area contributed by atoms with Gasteiger partial charge in [-0.1, -0.05) is 13.8 Å². The maximum Gasteiger partial charge on any atom is 0.322 e. The minimum Gasteiger partial charge on any atom is -0.480 e. The lowest BCUT2D eigenvalue weighted by molar-refractivity contribution is -0.137. The van der Waals surface area contributed by atoms with Gasteiger partial charge in [0.25, 0.3) is 0 Å². The fraction of sp³-hybridized carbons (Fsp3) is 0.700. The van der Waals surface area contributed by atoms with E-state index in [1.54, 1.807) is 0 Å². The van der Waals surface area contributed by atoms with E-state index in [4.69, 9.17) is 5.11 Å². The predicted octanol–water partition coefficient (Wildman–Crippen LogP) is -0.467. The third kappa shape index (κ3) is 10.5. The van der Waals surface area contributed by atoms with Crippen LogP contribution in [0.4, 0.5) is 4.79 Å². The number of carbonyl (C=O) groups is 3. The third-order valence-corrected chi connectivity index (χ3v) is 1.85. The maximum atomic E-state index is 11.1. The summed E-state index contributed by atoms with van der Waals surface area (Å²) in [7, 11) is 0. The van der Waals surface area contributed by atoms with Crippen molar-refractivity contribution in [2.24, 2.45) is 5.92 Å². The summed E-state index contributed by atoms with van der Waals surface area (Å²) >= 11 is 0. The number of rotatable bonds is 7. The van der Waals surface area contributed by atoms with E-state index >= 15 is 0 Å². The molecular weight excluding hydrogens is 226 g/mol. The van der Waals surface area contributed by atoms with Crippen LogP contribution >= 0.6 is 0 Å². The molecular formula is C10H19N3O4. The highest BCUT2D eigenvalue weighted by Gasteiger charge is 2.06. The van der Waals surface area contributed by atoms with Gasteiger partial charge in [0.2, 0.25) is 5.91 Å². The molecule has 7 heteroatoms. The summed E-state index contributed by atoms with van der Waals surface area (Å²) in [4.78, 5) is 32.3. The minimum absolute atomic E-state index is 0.235. The van der Waals surface area contributed by atoms with Crippen molar-refractivity contribution in [3.8, 4) is 0 Å². The zero-order valence-corrected chi connectivity index (χ0v) is 10.1. The van der Waals surface area contributed by atoms with Crippen molar-refractivity contribution < 1.29 is 19.5 Å². The summed E-state index contributed by atoms with van der Waals surface area (Å²) < 4.78 is 0. The van der Waals surface area contributed by atoms with E-state index in [2.05, 4.69) is 16.0 Å². The Balaban J connectivity index is 3.55. The summed E-state index contributed by atoms with van der Waals surface area (Å²) in [5, 5.41) is 15.3. The van der Waals surface area contributed by atoms with Crippen LogP contribution in [-0.2, 0) is 9.59 Å². The van der Waals surface area contributed by atoms with Crippen molar-refractivity contribution in [1.82, 2.24) is 16.0 Å². The number of carboxylic acid groups (broad SMARTS) is 1. The van der Waals surface area contributed by atoms with Crippen LogP contribution in [0.2, 0.25) is 0 Å². The lowest BCUT2D eigenvalue weighted by Crippen LogP contribution is -2.43. The Labute approximate surface area is 100.0 Å². The standard InChI is InChI=1S/C10H19N3O4/c1-7(2)3-4-11-10(17)13-5-8(14)12-6-9(15)16/h7H,3-6H2,1-2H3,(H,12,14)(H,15,16)(H2,11,13,17). The van der Waals surface area contributed by atoms with Gasteiger partial charge in [-0.05, 0) is 12.3 Å². The molecule has 0 aliphatic rings. The molecule has 7 nitrogen and oxygen atoms in total. The molecule has 0 radical (unpaired) electrons. The van der Waals surface area contributed by atoms with Gasteiger partial charge in [-0.15, -0.1) is 0 Å². The van der Waals surface area contributed by atoms with Crippen LogP contribution in [-0.4, -0.2) is 42.6 Å². The van der Waals surface area contributed by atoms with Crippen molar-refractivity contribution in [2.75, 3.05) is 19.6 Å². The second-order valence-electron chi connectivity index (χ2n) is 3.96. The largest absolute Gasteiger partial charge is 0.480 e. The molecule has 17 heavy (non-hydrogen) atoms. The van der Waals surface area contributed by atoms with Crippen LogP contribution in [0.1, 0.15) is 20.3 Å². The van der Waals surface area contributed by atoms with Crippen molar-refractivity contribution >= 4 is 17.9 Å². The summed E-state index contributed by atoms with van der Waals surface area (Å²) in [6, 6.07) is -0.434. The monoisotopic (exact) mass is 245 g/mol. The molecule has 0 aliphatic carbocycles. The van der Waals surface area contributed by atoms with Crippen LogP contribution in [0.25, 0.3) is 0 Å². The van der Waals surface area contributed by atoms with E-state index in [9.17, 15) is 14.4 Å². The molecule has 98 valence electrons. The van der Waals surface area contributed by atoms with Crippen molar-refractivity contribution in [2.45, 2.75) is 20.3 Å². The number of amides is 3. The molecule has 0 spiro atoms. The van der Waals surface area contributed by atoms with Gasteiger partial charge >= 0.3 is 12.0 Å². The van der Waals surface area contributed by atoms with Gasteiger partial charge in [0.05, 0.1) is 6.54 Å². The van der Waals surface area contributed by atoms with E-state index in [1.807, 2.05) is 13.8 Å². The molecule has 0 unspecified atom stereocenters. The minimum atomic E-state index is -1.13. The third-order valence-electron chi connectivity index (χ3n) is 1.85. The number of carboxylic acids is 1. The normalized spacial score (nSPS) is 9.82. The Morgan fingerprint density at radius 1 is 1.06 bits per heavy atom. The molecule has 0 aromatic heterocycles. The molecule has 0 aliphatic heterocycles. The second-order valence-corrected chi connectivity index (χ2v) is 3.96. The second kappa shape index (κ2) is 8.37. The van der Waals surface area contributed by atoms with Crippen LogP contribution in [0.5, 0.6) is 0 Å². The van der Waals surface area contributed by atoms with Crippen LogP contribution < -0.4 is 16.0 Å². The van der Waals surface area contributed by atoms with Crippen LogP contribution in [0.3, 0.4) is 0 Å². The van der Waals surface area contributed by atoms with E-state index in [-0.39, 0.29) is 6.54 Å². The highest BCUT2D eigenvalue weighted by atomic mass is 16.4. The van der Waals surface area contributed by atoms with Crippen molar-refractivity contribution in [1.29, 1.82) is 0 Å². The van der Waals surface area contributed by atoms with Crippen LogP contribution in [0.15, 0.2) is 0 Å². The van der Waals surface area contributed by atoms with E-state index in [1.165, 1.54) is 0 Å². The van der Waals surface area contributed by atoms with Gasteiger partial charge in [-0.2, -0.15) is 0 Å². The van der Waals surface area contributed by atoms with Gasteiger partial charge in [-0.25, -0.2) is 4.79 Å². The number of urea groups is 1. The van der Waals surface area contributed by atoms with Gasteiger partial charge in [0.1, 0.15) is 6.54 Å². The molecule has 0 aromatic rings. The lowest BCUT2D eigenvalue weighted by atomic mass is 10.1. The molecule has 0 heterocycles. The van der Waals surface area contributed by atoms with E-state index < -0.39 is 24.5 Å². The first-order valence-corrected chi connectivity index (χ1v) is 5.42. The fourth-order valence-corrected chi connectivity index (χ4v) is 0.934. The van der Waals surface area contributed by atoms with Crippen molar-refractivity contribution in [3.63, 3.8) is 0 Å². The zero-order valence-electron chi connectivity index (χ0n) is 10.1. The fourth-order valence-electron chi connectivity index (χ4n) is 0.934. The molecule has 0 atom stereocenters. The molecule has 0 rings (SSSR count). The van der Waals surface area contributed by atoms with Gasteiger partial charge in [-0.3, -0.25) is 9.59 Å². The molecule has 0 aromatic carbocycles. The molecule has 0 saturated heterocycles. The molecule has 0 fully saturated rings. The number of nitrogens with one attached hydrogen (secondary N) is 3.